The highest BCUT2D eigenvalue weighted by molar-refractivity contribution is 6.39. The summed E-state index contributed by atoms with van der Waals surface area (Å²) in [5, 5.41) is 24.1. The van der Waals surface area contributed by atoms with Crippen LogP contribution in [0.4, 0.5) is 0 Å². The van der Waals surface area contributed by atoms with E-state index >= 15 is 0 Å². The monoisotopic (exact) mass is 1010 g/mol. The lowest BCUT2D eigenvalue weighted by atomic mass is 9.81. The number of aliphatic hydroxyl groups excluding tert-OH is 1. The number of aliphatic hydroxyl groups is 2. The molecular weight excluding hydrogens is 923 g/mol. The smallest absolute Gasteiger partial charge is 0.329 e. The third-order valence-corrected chi connectivity index (χ3v) is 15.5. The van der Waals surface area contributed by atoms with Crippen LogP contribution in [-0.4, -0.2) is 138 Å². The maximum absolute atomic E-state index is 14.6. The minimum absolute atomic E-state index is 0.00939. The Morgan fingerprint density at radius 2 is 1.68 bits per heavy atom. The number of esters is 1. The summed E-state index contributed by atoms with van der Waals surface area (Å²) < 4.78 is 42.8. The molecule has 14 unspecified atom stereocenters. The van der Waals surface area contributed by atoms with Gasteiger partial charge in [-0.1, -0.05) is 64.5 Å². The Labute approximate surface area is 426 Å². The first-order chi connectivity index (χ1) is 34.4. The number of aromatic nitrogens is 2. The molecule has 1 saturated carbocycles. The Morgan fingerprint density at radius 3 is 2.39 bits per heavy atom. The van der Waals surface area contributed by atoms with Gasteiger partial charge in [0.25, 0.3) is 11.7 Å². The molecule has 2 aromatic rings. The van der Waals surface area contributed by atoms with E-state index < -0.39 is 77.8 Å². The van der Waals surface area contributed by atoms with Crippen molar-refractivity contribution in [1.29, 1.82) is 0 Å². The minimum Gasteiger partial charge on any atom is -0.494 e. The van der Waals surface area contributed by atoms with Crippen LogP contribution in [0, 0.1) is 29.6 Å². The van der Waals surface area contributed by atoms with Gasteiger partial charge in [0.15, 0.2) is 0 Å². The molecule has 0 radical (unpaired) electrons. The number of ketones is 2. The van der Waals surface area contributed by atoms with Crippen molar-refractivity contribution in [3.63, 3.8) is 0 Å². The molecule has 400 valence electrons. The summed E-state index contributed by atoms with van der Waals surface area (Å²) in [6.07, 6.45) is 7.07. The van der Waals surface area contributed by atoms with Crippen molar-refractivity contribution >= 4 is 23.4 Å². The Bertz CT molecular complexity index is 2190. The summed E-state index contributed by atoms with van der Waals surface area (Å²) in [4.78, 5) is 66.6. The number of nitrogens with one attached hydrogen (secondary N) is 1. The number of piperidine rings is 1. The van der Waals surface area contributed by atoms with Crippen molar-refractivity contribution in [2.24, 2.45) is 29.6 Å². The van der Waals surface area contributed by atoms with Crippen molar-refractivity contribution < 1.29 is 62.5 Å². The maximum Gasteiger partial charge on any atom is 0.329 e. The molecule has 3 fully saturated rings. The fourth-order valence-corrected chi connectivity index (χ4v) is 11.3. The number of imidazole rings is 1. The first kappa shape index (κ1) is 57.0. The summed E-state index contributed by atoms with van der Waals surface area (Å²) in [6.45, 7) is 14.3. The standard InChI is InChI=1S/C56H83N3O13/c1-11-22-69-41-17-15-16-40(29-41)42-31-57-50(58-42)32-70-46-20-19-38(28-47(46)66-8)26-35(5)51-37(7)44(60)30-45(61)39(12-2)24-33(3)23-34(4)25-48(67-9)52-49(68-10)27-36(6)56(65,72-52)53(62)54(63)59-21-14-13-18-43(59)55(64)71-51/h15-17,24,26,29,31,34,36-39,43-44,46-49,51-52,60,65H,11-14,18-23,25,27-28,30,32H2,1-10H3,(H,57,58)/b33-24+,35-26?. The van der Waals surface area contributed by atoms with Gasteiger partial charge in [0, 0.05) is 57.6 Å². The van der Waals surface area contributed by atoms with E-state index in [2.05, 4.69) is 29.9 Å². The summed E-state index contributed by atoms with van der Waals surface area (Å²) in [5.74, 6) is -6.11. The van der Waals surface area contributed by atoms with Crippen molar-refractivity contribution in [1.82, 2.24) is 14.9 Å². The number of allylic oxidation sites excluding steroid dienone is 3. The zero-order chi connectivity index (χ0) is 52.3. The topological polar surface area (TPSA) is 205 Å². The zero-order valence-corrected chi connectivity index (χ0v) is 44.4. The van der Waals surface area contributed by atoms with E-state index in [0.29, 0.717) is 63.0 Å². The number of hydrogen-bond acceptors (Lipinski definition) is 14. The van der Waals surface area contributed by atoms with Gasteiger partial charge in [-0.05, 0) is 114 Å². The maximum atomic E-state index is 14.6. The molecule has 1 aliphatic carbocycles. The van der Waals surface area contributed by atoms with E-state index in [9.17, 15) is 29.4 Å². The number of H-pyrrole nitrogens is 1. The molecule has 1 aromatic heterocycles. The van der Waals surface area contributed by atoms with E-state index in [1.54, 1.807) is 27.2 Å². The summed E-state index contributed by atoms with van der Waals surface area (Å²) in [6, 6.07) is 6.73. The van der Waals surface area contributed by atoms with Crippen LogP contribution in [0.15, 0.2) is 53.8 Å². The zero-order valence-electron chi connectivity index (χ0n) is 44.4. The van der Waals surface area contributed by atoms with Gasteiger partial charge in [0.2, 0.25) is 5.79 Å². The Morgan fingerprint density at radius 1 is 0.944 bits per heavy atom. The Hall–Kier alpha value is -4.29. The van der Waals surface area contributed by atoms with Gasteiger partial charge in [-0.3, -0.25) is 14.4 Å². The van der Waals surface area contributed by atoms with Crippen molar-refractivity contribution in [3.05, 3.63) is 59.6 Å². The second kappa shape index (κ2) is 26.3. The molecule has 1 amide bonds. The normalized spacial score (nSPS) is 34.9. The quantitative estimate of drug-likeness (QED) is 0.0993. The summed E-state index contributed by atoms with van der Waals surface area (Å²) in [5.41, 5.74) is 3.49. The predicted octanol–water partition coefficient (Wildman–Crippen LogP) is 7.88. The Balaban J connectivity index is 1.24. The van der Waals surface area contributed by atoms with Crippen LogP contribution < -0.4 is 4.74 Å². The van der Waals surface area contributed by atoms with Crippen LogP contribution in [0.2, 0.25) is 0 Å². The number of Topliss-reactive ketones (excluding diaryl/α,β-unsaturated/α-hetero) is 2. The SMILES string of the molecule is CCCOc1cccc(-c2cnc(COC3CCC(C=C(C)C4OC(=O)C5CCCCN5C(=O)C(=O)C5(O)OC(C(OC)CC(C)C/C(C)=C/C(CC)C(=O)CC(O)C4C)C(OC)CC5C)CC3OC)[nH]2)c1. The number of cyclic esters (lactones) is 1. The highest BCUT2D eigenvalue weighted by Gasteiger charge is 2.56. The number of benzene rings is 1. The largest absolute Gasteiger partial charge is 0.494 e. The molecule has 16 nitrogen and oxygen atoms in total. The molecule has 2 saturated heterocycles. The van der Waals surface area contributed by atoms with Crippen LogP contribution >= 0.6 is 0 Å². The van der Waals surface area contributed by atoms with Gasteiger partial charge in [0.05, 0.1) is 49.0 Å². The summed E-state index contributed by atoms with van der Waals surface area (Å²) in [7, 11) is 4.74. The molecule has 6 rings (SSSR count). The highest BCUT2D eigenvalue weighted by Crippen LogP contribution is 2.40. The number of aromatic amines is 1. The molecule has 3 aliphatic heterocycles. The summed E-state index contributed by atoms with van der Waals surface area (Å²) >= 11 is 0. The van der Waals surface area contributed by atoms with Gasteiger partial charge < -0.3 is 53.3 Å². The fraction of sp³-hybridized carbons (Fsp3) is 0.696. The average Bonchev–Trinajstić information content (AvgIpc) is 3.86. The predicted molar refractivity (Wildman–Crippen MR) is 270 cm³/mol. The number of carbonyl (C=O) groups is 4. The lowest BCUT2D eigenvalue weighted by Gasteiger charge is -2.47. The lowest BCUT2D eigenvalue weighted by molar-refractivity contribution is -0.302. The molecule has 4 heterocycles. The number of rotatable bonds is 13. The molecule has 4 aliphatic rings. The van der Waals surface area contributed by atoms with Crippen molar-refractivity contribution in [2.75, 3.05) is 34.5 Å². The fourth-order valence-electron chi connectivity index (χ4n) is 11.3. The van der Waals surface area contributed by atoms with Crippen LogP contribution in [-0.2, 0) is 54.2 Å². The number of carbonyl (C=O) groups excluding carboxylic acids is 4. The first-order valence-electron chi connectivity index (χ1n) is 26.4. The van der Waals surface area contributed by atoms with Crippen molar-refractivity contribution in [2.45, 2.75) is 187 Å². The molecule has 1 aromatic carbocycles. The molecule has 14 atom stereocenters. The molecule has 0 spiro atoms. The van der Waals surface area contributed by atoms with Gasteiger partial charge in [-0.15, -0.1) is 0 Å². The number of amides is 1. The first-order valence-corrected chi connectivity index (χ1v) is 26.4. The van der Waals surface area contributed by atoms with Gasteiger partial charge in [-0.2, -0.15) is 0 Å². The number of nitrogens with zero attached hydrogens (tertiary/aromatic N) is 2. The van der Waals surface area contributed by atoms with Crippen LogP contribution in [0.25, 0.3) is 11.3 Å². The van der Waals surface area contributed by atoms with E-state index in [0.717, 1.165) is 35.4 Å². The molecule has 2 bridgehead atoms. The van der Waals surface area contributed by atoms with E-state index in [1.807, 2.05) is 51.1 Å². The van der Waals surface area contributed by atoms with Crippen LogP contribution in [0.3, 0.4) is 0 Å². The molecular formula is C56H83N3O13. The minimum atomic E-state index is -2.52. The van der Waals surface area contributed by atoms with Gasteiger partial charge in [-0.25, -0.2) is 9.78 Å². The lowest BCUT2D eigenvalue weighted by Crippen LogP contribution is -2.64. The molecule has 16 heteroatoms. The van der Waals surface area contributed by atoms with E-state index in [4.69, 9.17) is 33.2 Å². The third-order valence-electron chi connectivity index (χ3n) is 15.5. The van der Waals surface area contributed by atoms with Gasteiger partial charge in [0.1, 0.15) is 42.2 Å². The number of ether oxygens (including phenoxy) is 7. The van der Waals surface area contributed by atoms with E-state index in [-0.39, 0.29) is 62.2 Å². The van der Waals surface area contributed by atoms with Gasteiger partial charge >= 0.3 is 5.97 Å². The number of methoxy groups -OCH3 is 3. The van der Waals surface area contributed by atoms with E-state index in [1.165, 1.54) is 19.1 Å². The highest BCUT2D eigenvalue weighted by atomic mass is 16.7. The number of fused-ring (bicyclic) bond motifs is 3. The van der Waals surface area contributed by atoms with Crippen LogP contribution in [0.1, 0.15) is 131 Å². The average molecular weight is 1010 g/mol. The van der Waals surface area contributed by atoms with Crippen LogP contribution in [0.5, 0.6) is 5.75 Å². The molecule has 3 N–H and O–H groups in total. The Kier molecular flexibility index (Phi) is 20.8. The second-order valence-corrected chi connectivity index (χ2v) is 21.1. The molecule has 72 heavy (non-hydrogen) atoms. The number of hydrogen-bond donors (Lipinski definition) is 3. The van der Waals surface area contributed by atoms with Crippen molar-refractivity contribution in [3.8, 4) is 17.0 Å². The third kappa shape index (κ3) is 13.9. The second-order valence-electron chi connectivity index (χ2n) is 21.1.